The summed E-state index contributed by atoms with van der Waals surface area (Å²) in [5.41, 5.74) is 2.23. The number of aromatic nitrogens is 2. The van der Waals surface area contributed by atoms with Crippen LogP contribution < -0.4 is 0 Å². The van der Waals surface area contributed by atoms with Crippen LogP contribution in [-0.4, -0.2) is 21.5 Å². The second-order valence-electron chi connectivity index (χ2n) is 3.54. The molecule has 1 aromatic carbocycles. The van der Waals surface area contributed by atoms with E-state index in [2.05, 4.69) is 17.2 Å². The summed E-state index contributed by atoms with van der Waals surface area (Å²) >= 11 is 0. The maximum atomic E-state index is 8.66. The molecule has 3 heteroatoms. The maximum Gasteiger partial charge on any atom is 0.0659 e. The zero-order valence-electron chi connectivity index (χ0n) is 8.95. The van der Waals surface area contributed by atoms with Gasteiger partial charge in [-0.15, -0.1) is 0 Å². The number of rotatable bonds is 4. The first-order chi connectivity index (χ1) is 7.88. The molecule has 0 amide bonds. The summed E-state index contributed by atoms with van der Waals surface area (Å²) in [4.78, 5) is 0. The average Bonchev–Trinajstić information content (AvgIpc) is 2.75. The predicted octanol–water partition coefficient (Wildman–Crippen LogP) is 1.94. The van der Waals surface area contributed by atoms with Crippen LogP contribution in [0.5, 0.6) is 0 Å². The molecule has 0 saturated heterocycles. The molecule has 2 aromatic rings. The highest BCUT2D eigenvalue weighted by Gasteiger charge is 1.96. The fourth-order valence-electron chi connectivity index (χ4n) is 1.51. The Hall–Kier alpha value is -1.87. The Morgan fingerprint density at radius 1 is 1.25 bits per heavy atom. The van der Waals surface area contributed by atoms with Gasteiger partial charge < -0.3 is 5.11 Å². The average molecular weight is 214 g/mol. The van der Waals surface area contributed by atoms with Crippen LogP contribution in [-0.2, 0) is 6.54 Å². The summed E-state index contributed by atoms with van der Waals surface area (Å²) in [6.45, 7) is 0.831. The Bertz CT molecular complexity index is 460. The smallest absolute Gasteiger partial charge is 0.0659 e. The van der Waals surface area contributed by atoms with Crippen LogP contribution in [0.4, 0.5) is 0 Å². The van der Waals surface area contributed by atoms with Crippen LogP contribution in [0.25, 0.3) is 6.08 Å². The number of hydrogen-bond donors (Lipinski definition) is 1. The lowest BCUT2D eigenvalue weighted by Gasteiger charge is -2.00. The Labute approximate surface area is 94.7 Å². The molecule has 16 heavy (non-hydrogen) atoms. The third kappa shape index (κ3) is 2.81. The minimum atomic E-state index is 0.0594. The first-order valence-electron chi connectivity index (χ1n) is 5.22. The van der Waals surface area contributed by atoms with Crippen molar-refractivity contribution in [3.05, 3.63) is 59.9 Å². The minimum absolute atomic E-state index is 0.0594. The van der Waals surface area contributed by atoms with E-state index in [0.717, 1.165) is 12.1 Å². The van der Waals surface area contributed by atoms with Crippen molar-refractivity contribution >= 4 is 6.08 Å². The molecule has 0 radical (unpaired) electrons. The zero-order chi connectivity index (χ0) is 11.2. The number of aliphatic hydroxyl groups is 1. The highest BCUT2D eigenvalue weighted by Crippen LogP contribution is 2.04. The molecule has 1 heterocycles. The Kier molecular flexibility index (Phi) is 3.51. The zero-order valence-corrected chi connectivity index (χ0v) is 8.95. The van der Waals surface area contributed by atoms with Crippen LogP contribution in [0.15, 0.2) is 48.8 Å². The summed E-state index contributed by atoms with van der Waals surface area (Å²) in [5.74, 6) is 0. The molecule has 0 spiro atoms. The second-order valence-corrected chi connectivity index (χ2v) is 3.54. The third-order valence-corrected chi connectivity index (χ3v) is 2.26. The van der Waals surface area contributed by atoms with Crippen LogP contribution in [0, 0.1) is 0 Å². The van der Waals surface area contributed by atoms with E-state index in [0.29, 0.717) is 0 Å². The molecule has 82 valence electrons. The van der Waals surface area contributed by atoms with Gasteiger partial charge in [-0.3, -0.25) is 4.68 Å². The molecular formula is C13H14N2O. The summed E-state index contributed by atoms with van der Waals surface area (Å²) < 4.78 is 1.88. The van der Waals surface area contributed by atoms with Crippen LogP contribution in [0.3, 0.4) is 0 Å². The van der Waals surface area contributed by atoms with Gasteiger partial charge in [0.25, 0.3) is 0 Å². The first kappa shape index (κ1) is 10.6. The van der Waals surface area contributed by atoms with E-state index < -0.39 is 0 Å². The fourth-order valence-corrected chi connectivity index (χ4v) is 1.51. The van der Waals surface area contributed by atoms with Crippen molar-refractivity contribution in [3.63, 3.8) is 0 Å². The number of nitrogens with zero attached hydrogens (tertiary/aromatic N) is 2. The molecule has 0 saturated carbocycles. The van der Waals surface area contributed by atoms with Crippen molar-refractivity contribution in [1.29, 1.82) is 0 Å². The van der Waals surface area contributed by atoms with E-state index in [-0.39, 0.29) is 6.61 Å². The van der Waals surface area contributed by atoms with E-state index in [4.69, 9.17) is 5.11 Å². The Morgan fingerprint density at radius 3 is 2.81 bits per heavy atom. The van der Waals surface area contributed by atoms with Gasteiger partial charge in [-0.1, -0.05) is 42.5 Å². The van der Waals surface area contributed by atoms with Gasteiger partial charge in [-0.05, 0) is 5.56 Å². The van der Waals surface area contributed by atoms with E-state index in [9.17, 15) is 0 Å². The summed E-state index contributed by atoms with van der Waals surface area (Å²) in [7, 11) is 0. The quantitative estimate of drug-likeness (QED) is 0.844. The molecule has 0 fully saturated rings. The molecule has 3 nitrogen and oxygen atoms in total. The first-order valence-corrected chi connectivity index (χ1v) is 5.22. The van der Waals surface area contributed by atoms with Gasteiger partial charge in [0, 0.05) is 11.8 Å². The SMILES string of the molecule is OC/C=C/c1cnn(Cc2ccccc2)c1. The standard InChI is InChI=1S/C13H14N2O/c16-8-4-7-13-9-14-15(11-13)10-12-5-2-1-3-6-12/h1-7,9,11,16H,8,10H2/b7-4+. The van der Waals surface area contributed by atoms with Crippen molar-refractivity contribution in [2.75, 3.05) is 6.61 Å². The van der Waals surface area contributed by atoms with Gasteiger partial charge >= 0.3 is 0 Å². The van der Waals surface area contributed by atoms with Gasteiger partial charge in [-0.2, -0.15) is 5.10 Å². The van der Waals surface area contributed by atoms with E-state index >= 15 is 0 Å². The molecular weight excluding hydrogens is 200 g/mol. The topological polar surface area (TPSA) is 38.1 Å². The summed E-state index contributed by atoms with van der Waals surface area (Å²) in [6, 6.07) is 10.2. The highest BCUT2D eigenvalue weighted by atomic mass is 16.2. The Balaban J connectivity index is 2.06. The summed E-state index contributed by atoms with van der Waals surface area (Å²) in [6.07, 6.45) is 7.30. The van der Waals surface area contributed by atoms with Crippen molar-refractivity contribution in [3.8, 4) is 0 Å². The largest absolute Gasteiger partial charge is 0.392 e. The van der Waals surface area contributed by atoms with E-state index in [1.165, 1.54) is 5.56 Å². The summed E-state index contributed by atoms with van der Waals surface area (Å²) in [5, 5.41) is 12.9. The number of benzene rings is 1. The van der Waals surface area contributed by atoms with E-state index in [1.54, 1.807) is 12.3 Å². The maximum absolute atomic E-state index is 8.66. The number of hydrogen-bond acceptors (Lipinski definition) is 2. The third-order valence-electron chi connectivity index (χ3n) is 2.26. The van der Waals surface area contributed by atoms with Crippen molar-refractivity contribution in [2.45, 2.75) is 6.54 Å². The lowest BCUT2D eigenvalue weighted by atomic mass is 10.2. The molecule has 2 rings (SSSR count). The molecule has 0 atom stereocenters. The molecule has 1 N–H and O–H groups in total. The fraction of sp³-hybridized carbons (Fsp3) is 0.154. The molecule has 1 aromatic heterocycles. The molecule has 0 unspecified atom stereocenters. The van der Waals surface area contributed by atoms with Crippen LogP contribution in [0.2, 0.25) is 0 Å². The normalized spacial score (nSPS) is 11.1. The van der Waals surface area contributed by atoms with Crippen molar-refractivity contribution in [2.24, 2.45) is 0 Å². The predicted molar refractivity (Wildman–Crippen MR) is 63.9 cm³/mol. The van der Waals surface area contributed by atoms with Crippen LogP contribution >= 0.6 is 0 Å². The van der Waals surface area contributed by atoms with Gasteiger partial charge in [0.15, 0.2) is 0 Å². The van der Waals surface area contributed by atoms with Crippen molar-refractivity contribution < 1.29 is 5.11 Å². The van der Waals surface area contributed by atoms with E-state index in [1.807, 2.05) is 35.2 Å². The second kappa shape index (κ2) is 5.28. The minimum Gasteiger partial charge on any atom is -0.392 e. The lowest BCUT2D eigenvalue weighted by molar-refractivity contribution is 0.343. The molecule has 0 aliphatic rings. The van der Waals surface area contributed by atoms with Gasteiger partial charge in [0.05, 0.1) is 19.3 Å². The van der Waals surface area contributed by atoms with Crippen molar-refractivity contribution in [1.82, 2.24) is 9.78 Å². The highest BCUT2D eigenvalue weighted by molar-refractivity contribution is 5.46. The Morgan fingerprint density at radius 2 is 2.06 bits per heavy atom. The lowest BCUT2D eigenvalue weighted by Crippen LogP contribution is -1.99. The van der Waals surface area contributed by atoms with Crippen LogP contribution in [0.1, 0.15) is 11.1 Å². The molecule has 0 aliphatic carbocycles. The monoisotopic (exact) mass is 214 g/mol. The molecule has 0 aliphatic heterocycles. The van der Waals surface area contributed by atoms with Gasteiger partial charge in [0.1, 0.15) is 0 Å². The molecule has 0 bridgehead atoms. The number of aliphatic hydroxyl groups excluding tert-OH is 1. The van der Waals surface area contributed by atoms with Gasteiger partial charge in [0.2, 0.25) is 0 Å². The van der Waals surface area contributed by atoms with Gasteiger partial charge in [-0.25, -0.2) is 0 Å².